The van der Waals surface area contributed by atoms with Crippen LogP contribution in [0.4, 0.5) is 8.78 Å². The molecule has 1 aromatic rings. The van der Waals surface area contributed by atoms with E-state index >= 15 is 0 Å². The quantitative estimate of drug-likeness (QED) is 0.855. The van der Waals surface area contributed by atoms with E-state index in [1.807, 2.05) is 0 Å². The van der Waals surface area contributed by atoms with Crippen molar-refractivity contribution in [1.29, 1.82) is 0 Å². The molecule has 0 saturated carbocycles. The molecule has 0 spiro atoms. The highest BCUT2D eigenvalue weighted by atomic mass is 35.5. The van der Waals surface area contributed by atoms with Crippen LogP contribution in [0.15, 0.2) is 6.20 Å². The molecular weight excluding hydrogens is 263 g/mol. The number of aromatic nitrogens is 1. The first-order valence-corrected chi connectivity index (χ1v) is 5.10. The Hall–Kier alpha value is -0.940. The first-order chi connectivity index (χ1) is 7.47. The van der Waals surface area contributed by atoms with Crippen LogP contribution in [0.1, 0.15) is 23.2 Å². The number of hydrogen-bond donors (Lipinski definition) is 1. The standard InChI is InChI=1S/C9H7Cl2F2NO2/c10-2-4-3-14-5(1-6(15)16)8(11)7(4)9(12)13/h3,9H,1-2H2,(H,15,16). The van der Waals surface area contributed by atoms with Crippen LogP contribution in [0.25, 0.3) is 0 Å². The lowest BCUT2D eigenvalue weighted by atomic mass is 10.1. The van der Waals surface area contributed by atoms with Crippen LogP contribution in [0.2, 0.25) is 5.02 Å². The number of nitrogens with zero attached hydrogens (tertiary/aromatic N) is 1. The van der Waals surface area contributed by atoms with Gasteiger partial charge in [0.1, 0.15) is 0 Å². The average Bonchev–Trinajstić information content (AvgIpc) is 2.19. The Morgan fingerprint density at radius 1 is 1.56 bits per heavy atom. The van der Waals surface area contributed by atoms with Crippen LogP contribution in [-0.4, -0.2) is 16.1 Å². The van der Waals surface area contributed by atoms with Gasteiger partial charge in [0, 0.05) is 17.6 Å². The average molecular weight is 270 g/mol. The lowest BCUT2D eigenvalue weighted by Gasteiger charge is -2.10. The van der Waals surface area contributed by atoms with Crippen molar-refractivity contribution in [3.8, 4) is 0 Å². The molecule has 1 aromatic heterocycles. The molecule has 0 amide bonds. The molecule has 0 atom stereocenters. The summed E-state index contributed by atoms with van der Waals surface area (Å²) in [5, 5.41) is 8.21. The minimum atomic E-state index is -2.81. The highest BCUT2D eigenvalue weighted by Gasteiger charge is 2.21. The van der Waals surface area contributed by atoms with Gasteiger partial charge in [-0.2, -0.15) is 0 Å². The number of halogens is 4. The van der Waals surface area contributed by atoms with E-state index in [2.05, 4.69) is 4.98 Å². The molecule has 7 heteroatoms. The van der Waals surface area contributed by atoms with Crippen LogP contribution in [-0.2, 0) is 17.1 Å². The topological polar surface area (TPSA) is 50.2 Å². The number of hydrogen-bond acceptors (Lipinski definition) is 2. The molecule has 88 valence electrons. The van der Waals surface area contributed by atoms with Gasteiger partial charge in [0.05, 0.1) is 17.1 Å². The number of pyridine rings is 1. The highest BCUT2D eigenvalue weighted by molar-refractivity contribution is 6.32. The maximum Gasteiger partial charge on any atom is 0.309 e. The molecule has 0 unspecified atom stereocenters. The van der Waals surface area contributed by atoms with Gasteiger partial charge in [-0.05, 0) is 5.56 Å². The summed E-state index contributed by atoms with van der Waals surface area (Å²) < 4.78 is 25.3. The summed E-state index contributed by atoms with van der Waals surface area (Å²) in [5.41, 5.74) is -0.419. The number of alkyl halides is 3. The van der Waals surface area contributed by atoms with Crippen LogP contribution in [0, 0.1) is 0 Å². The molecule has 1 rings (SSSR count). The van der Waals surface area contributed by atoms with E-state index in [0.717, 1.165) is 6.20 Å². The number of carbonyl (C=O) groups is 1. The Bertz CT molecular complexity index is 413. The molecule has 0 bridgehead atoms. The van der Waals surface area contributed by atoms with Crippen molar-refractivity contribution >= 4 is 29.2 Å². The maximum absolute atomic E-state index is 12.7. The summed E-state index contributed by atoms with van der Waals surface area (Å²) in [7, 11) is 0. The minimum absolute atomic E-state index is 0.0849. The fourth-order valence-electron chi connectivity index (χ4n) is 1.19. The second-order valence-electron chi connectivity index (χ2n) is 2.96. The molecule has 0 aromatic carbocycles. The number of carboxylic acids is 1. The van der Waals surface area contributed by atoms with Gasteiger partial charge in [-0.3, -0.25) is 9.78 Å². The van der Waals surface area contributed by atoms with Gasteiger partial charge in [0.25, 0.3) is 6.43 Å². The van der Waals surface area contributed by atoms with Crippen molar-refractivity contribution in [3.63, 3.8) is 0 Å². The first-order valence-electron chi connectivity index (χ1n) is 4.19. The van der Waals surface area contributed by atoms with Crippen molar-refractivity contribution in [3.05, 3.63) is 28.0 Å². The summed E-state index contributed by atoms with van der Waals surface area (Å²) in [5.74, 6) is -1.34. The third-order valence-corrected chi connectivity index (χ3v) is 2.60. The first kappa shape index (κ1) is 13.1. The zero-order chi connectivity index (χ0) is 12.3. The van der Waals surface area contributed by atoms with Gasteiger partial charge in [-0.25, -0.2) is 8.78 Å². The summed E-state index contributed by atoms with van der Waals surface area (Å²) in [6.07, 6.45) is -2.18. The Labute approximate surface area is 100 Å². The fraction of sp³-hybridized carbons (Fsp3) is 0.333. The Balaban J connectivity index is 3.26. The van der Waals surface area contributed by atoms with Gasteiger partial charge in [-0.15, -0.1) is 11.6 Å². The molecule has 0 aliphatic carbocycles. The second kappa shape index (κ2) is 5.41. The van der Waals surface area contributed by atoms with E-state index in [-0.39, 0.29) is 22.2 Å². The molecule has 0 fully saturated rings. The molecule has 0 aliphatic rings. The molecule has 0 saturated heterocycles. The predicted molar refractivity (Wildman–Crippen MR) is 55.1 cm³/mol. The summed E-state index contributed by atoms with van der Waals surface area (Å²) in [6, 6.07) is 0. The summed E-state index contributed by atoms with van der Waals surface area (Å²) in [4.78, 5) is 14.1. The SMILES string of the molecule is O=C(O)Cc1ncc(CCl)c(C(F)F)c1Cl. The van der Waals surface area contributed by atoms with Gasteiger partial charge in [0.15, 0.2) is 0 Å². The second-order valence-corrected chi connectivity index (χ2v) is 3.61. The number of rotatable bonds is 4. The molecule has 1 heterocycles. The Morgan fingerprint density at radius 3 is 2.62 bits per heavy atom. The summed E-state index contributed by atoms with van der Waals surface area (Å²) in [6.45, 7) is 0. The van der Waals surface area contributed by atoms with Crippen molar-refractivity contribution in [1.82, 2.24) is 4.98 Å². The minimum Gasteiger partial charge on any atom is -0.481 e. The van der Waals surface area contributed by atoms with Gasteiger partial charge in [-0.1, -0.05) is 11.6 Å². The summed E-state index contributed by atoms with van der Waals surface area (Å²) >= 11 is 11.1. The fourth-order valence-corrected chi connectivity index (χ4v) is 1.72. The van der Waals surface area contributed by atoms with E-state index in [1.54, 1.807) is 0 Å². The third-order valence-electron chi connectivity index (χ3n) is 1.89. The van der Waals surface area contributed by atoms with Crippen LogP contribution < -0.4 is 0 Å². The Morgan fingerprint density at radius 2 is 2.19 bits per heavy atom. The van der Waals surface area contributed by atoms with E-state index in [1.165, 1.54) is 0 Å². The van der Waals surface area contributed by atoms with Gasteiger partial charge >= 0.3 is 5.97 Å². The van der Waals surface area contributed by atoms with E-state index in [4.69, 9.17) is 28.3 Å². The van der Waals surface area contributed by atoms with E-state index in [0.29, 0.717) is 0 Å². The predicted octanol–water partition coefficient (Wildman–Crippen LogP) is 3.04. The normalized spacial score (nSPS) is 10.8. The van der Waals surface area contributed by atoms with Crippen LogP contribution >= 0.6 is 23.2 Å². The molecule has 1 N–H and O–H groups in total. The van der Waals surface area contributed by atoms with E-state index in [9.17, 15) is 13.6 Å². The third kappa shape index (κ3) is 2.80. The van der Waals surface area contributed by atoms with Crippen molar-refractivity contribution in [2.75, 3.05) is 0 Å². The van der Waals surface area contributed by atoms with Crippen LogP contribution in [0.3, 0.4) is 0 Å². The maximum atomic E-state index is 12.7. The lowest BCUT2D eigenvalue weighted by Crippen LogP contribution is -2.06. The van der Waals surface area contributed by atoms with Gasteiger partial charge < -0.3 is 5.11 Å². The molecule has 16 heavy (non-hydrogen) atoms. The van der Waals surface area contributed by atoms with Crippen LogP contribution in [0.5, 0.6) is 0 Å². The monoisotopic (exact) mass is 269 g/mol. The number of aliphatic carboxylic acids is 1. The zero-order valence-corrected chi connectivity index (χ0v) is 9.40. The zero-order valence-electron chi connectivity index (χ0n) is 7.88. The van der Waals surface area contributed by atoms with Crippen molar-refractivity contribution in [2.45, 2.75) is 18.7 Å². The molecule has 3 nitrogen and oxygen atoms in total. The smallest absolute Gasteiger partial charge is 0.309 e. The molecule has 0 radical (unpaired) electrons. The largest absolute Gasteiger partial charge is 0.481 e. The molecular formula is C9H7Cl2F2NO2. The van der Waals surface area contributed by atoms with Crippen molar-refractivity contribution in [2.24, 2.45) is 0 Å². The van der Waals surface area contributed by atoms with Crippen molar-refractivity contribution < 1.29 is 18.7 Å². The van der Waals surface area contributed by atoms with Gasteiger partial charge in [0.2, 0.25) is 0 Å². The Kier molecular flexibility index (Phi) is 4.44. The highest BCUT2D eigenvalue weighted by Crippen LogP contribution is 2.32. The lowest BCUT2D eigenvalue weighted by molar-refractivity contribution is -0.136. The van der Waals surface area contributed by atoms with E-state index < -0.39 is 24.4 Å². The molecule has 0 aliphatic heterocycles. The number of carboxylic acid groups (broad SMARTS) is 1.